The van der Waals surface area contributed by atoms with E-state index in [-0.39, 0.29) is 22.3 Å². The lowest BCUT2D eigenvalue weighted by molar-refractivity contribution is 0.542. The molecular weight excluding hydrogens is 462 g/mol. The standard InChI is InChI=1S/C6H20N2OSi2.3CH4.I2/c1-10(2,5-7)9-11(3,4)6-8;;;;1-2/h5-8H2,1-4H3;3*1H4;. The van der Waals surface area contributed by atoms with Crippen LogP contribution < -0.4 is 11.5 Å². The molecule has 0 unspecified atom stereocenters. The van der Waals surface area contributed by atoms with E-state index in [9.17, 15) is 0 Å². The highest BCUT2D eigenvalue weighted by Gasteiger charge is 2.30. The largest absolute Gasteiger partial charge is 0.454 e. The van der Waals surface area contributed by atoms with Crippen molar-refractivity contribution in [3.63, 3.8) is 0 Å². The molecule has 0 fully saturated rings. The minimum Gasteiger partial charge on any atom is -0.454 e. The number of halogens is 2. The van der Waals surface area contributed by atoms with Crippen LogP contribution in [0.25, 0.3) is 0 Å². The maximum Gasteiger partial charge on any atom is 0.187 e. The number of rotatable bonds is 4. The summed E-state index contributed by atoms with van der Waals surface area (Å²) < 4.78 is 5.95. The fraction of sp³-hybridized carbons (Fsp3) is 1.00. The number of hydrogen-bond donors (Lipinski definition) is 2. The Labute approximate surface area is 129 Å². The normalized spacial score (nSPS) is 9.75. The maximum atomic E-state index is 5.95. The van der Waals surface area contributed by atoms with Gasteiger partial charge in [-0.1, -0.05) is 22.3 Å². The van der Waals surface area contributed by atoms with Crippen molar-refractivity contribution in [1.82, 2.24) is 0 Å². The SMILES string of the molecule is C.C.C.C[Si](C)(CN)O[Si](C)(C)CN.II. The lowest BCUT2D eigenvalue weighted by Crippen LogP contribution is -2.53. The average Bonchev–Trinajstić information content (AvgIpc) is 2.07. The number of nitrogens with two attached hydrogens (primary N) is 2. The molecule has 0 bridgehead atoms. The van der Waals surface area contributed by atoms with Crippen LogP contribution in [0.2, 0.25) is 26.2 Å². The third kappa shape index (κ3) is 18.1. The Bertz CT molecular complexity index is 125. The Kier molecular flexibility index (Phi) is 28.4. The Balaban J connectivity index is -0.0000000760. The van der Waals surface area contributed by atoms with Crippen LogP contribution in [-0.4, -0.2) is 29.0 Å². The zero-order valence-corrected chi connectivity index (χ0v) is 15.0. The smallest absolute Gasteiger partial charge is 0.187 e. The van der Waals surface area contributed by atoms with Crippen molar-refractivity contribution in [2.24, 2.45) is 11.5 Å². The summed E-state index contributed by atoms with van der Waals surface area (Å²) >= 11 is 4.24. The molecule has 3 nitrogen and oxygen atoms in total. The second-order valence-electron chi connectivity index (χ2n) is 4.03. The van der Waals surface area contributed by atoms with Crippen molar-refractivity contribution in [2.45, 2.75) is 48.5 Å². The Morgan fingerprint density at radius 2 is 1.00 bits per heavy atom. The molecular formula is C9H32I2N2OSi2. The lowest BCUT2D eigenvalue weighted by Gasteiger charge is -2.31. The molecule has 0 saturated carbocycles. The van der Waals surface area contributed by atoms with E-state index in [0.29, 0.717) is 12.3 Å². The Morgan fingerprint density at radius 1 is 0.812 bits per heavy atom. The van der Waals surface area contributed by atoms with Gasteiger partial charge >= 0.3 is 0 Å². The maximum absolute atomic E-state index is 5.95. The molecule has 106 valence electrons. The van der Waals surface area contributed by atoms with Gasteiger partial charge in [0, 0.05) is 49.6 Å². The molecule has 16 heavy (non-hydrogen) atoms. The molecule has 0 heterocycles. The molecule has 0 aromatic heterocycles. The van der Waals surface area contributed by atoms with Gasteiger partial charge < -0.3 is 15.6 Å². The zero-order chi connectivity index (χ0) is 11.1. The zero-order valence-electron chi connectivity index (χ0n) is 8.73. The van der Waals surface area contributed by atoms with Crippen LogP contribution >= 0.6 is 37.2 Å². The summed E-state index contributed by atoms with van der Waals surface area (Å²) in [5.74, 6) is 0. The topological polar surface area (TPSA) is 61.3 Å². The predicted molar refractivity (Wildman–Crippen MR) is 102 cm³/mol. The van der Waals surface area contributed by atoms with E-state index in [1.165, 1.54) is 0 Å². The summed E-state index contributed by atoms with van der Waals surface area (Å²) in [6.07, 6.45) is 1.37. The van der Waals surface area contributed by atoms with E-state index in [4.69, 9.17) is 15.6 Å². The van der Waals surface area contributed by atoms with E-state index < -0.39 is 16.6 Å². The molecule has 0 aromatic rings. The van der Waals surface area contributed by atoms with Gasteiger partial charge in [-0.25, -0.2) is 0 Å². The summed E-state index contributed by atoms with van der Waals surface area (Å²) in [7, 11) is -3.15. The fourth-order valence-corrected chi connectivity index (χ4v) is 7.48. The van der Waals surface area contributed by atoms with Crippen LogP contribution in [0.5, 0.6) is 0 Å². The highest BCUT2D eigenvalue weighted by atomic mass is 128. The van der Waals surface area contributed by atoms with E-state index in [1.54, 1.807) is 0 Å². The van der Waals surface area contributed by atoms with Gasteiger partial charge in [0.1, 0.15) is 0 Å². The second-order valence-corrected chi connectivity index (χ2v) is 12.7. The summed E-state index contributed by atoms with van der Waals surface area (Å²) in [5, 5.41) is 0. The third-order valence-electron chi connectivity index (χ3n) is 1.54. The van der Waals surface area contributed by atoms with Crippen LogP contribution in [0.1, 0.15) is 22.3 Å². The predicted octanol–water partition coefficient (Wildman–Crippen LogP) is 4.09. The molecule has 0 radical (unpaired) electrons. The first-order valence-electron chi connectivity index (χ1n) is 4.07. The van der Waals surface area contributed by atoms with Gasteiger partial charge in [0.15, 0.2) is 16.6 Å². The van der Waals surface area contributed by atoms with Crippen LogP contribution in [0.4, 0.5) is 0 Å². The van der Waals surface area contributed by atoms with Crippen LogP contribution in [-0.2, 0) is 4.12 Å². The highest BCUT2D eigenvalue weighted by molar-refractivity contribution is 15.0. The minimum absolute atomic E-state index is 0. The van der Waals surface area contributed by atoms with E-state index in [2.05, 4.69) is 63.4 Å². The molecule has 0 saturated heterocycles. The lowest BCUT2D eigenvalue weighted by atomic mass is 11.5. The average molecular weight is 494 g/mol. The first-order chi connectivity index (χ1) is 5.83. The van der Waals surface area contributed by atoms with Crippen molar-refractivity contribution < 1.29 is 4.12 Å². The quantitative estimate of drug-likeness (QED) is 0.458. The monoisotopic (exact) mass is 494 g/mol. The van der Waals surface area contributed by atoms with Gasteiger partial charge in [0.2, 0.25) is 0 Å². The fourth-order valence-electron chi connectivity index (χ4n) is 0.831. The first kappa shape index (κ1) is 30.6. The molecule has 4 N–H and O–H groups in total. The highest BCUT2D eigenvalue weighted by Crippen LogP contribution is 2.11. The number of hydrogen-bond acceptors (Lipinski definition) is 3. The molecule has 0 aliphatic rings. The Hall–Kier alpha value is 1.77. The Morgan fingerprint density at radius 3 is 1.12 bits per heavy atom. The van der Waals surface area contributed by atoms with Gasteiger partial charge in [-0.3, -0.25) is 0 Å². The first-order valence-corrected chi connectivity index (χ1v) is 16.6. The van der Waals surface area contributed by atoms with Crippen molar-refractivity contribution in [1.29, 1.82) is 0 Å². The summed E-state index contributed by atoms with van der Waals surface area (Å²) in [4.78, 5) is 0. The van der Waals surface area contributed by atoms with Crippen LogP contribution in [0.3, 0.4) is 0 Å². The molecule has 0 amide bonds. The second kappa shape index (κ2) is 14.8. The molecule has 0 aromatic carbocycles. The van der Waals surface area contributed by atoms with Gasteiger partial charge in [0.05, 0.1) is 0 Å². The minimum atomic E-state index is -1.57. The molecule has 0 rings (SSSR count). The van der Waals surface area contributed by atoms with Gasteiger partial charge in [-0.2, -0.15) is 0 Å². The van der Waals surface area contributed by atoms with Crippen LogP contribution in [0, 0.1) is 0 Å². The van der Waals surface area contributed by atoms with E-state index in [0.717, 1.165) is 0 Å². The van der Waals surface area contributed by atoms with Crippen molar-refractivity contribution in [2.75, 3.05) is 12.3 Å². The third-order valence-corrected chi connectivity index (χ3v) is 7.92. The van der Waals surface area contributed by atoms with E-state index >= 15 is 0 Å². The summed E-state index contributed by atoms with van der Waals surface area (Å²) in [5.41, 5.74) is 11.2. The summed E-state index contributed by atoms with van der Waals surface area (Å²) in [6, 6.07) is 0. The molecule has 0 aliphatic carbocycles. The van der Waals surface area contributed by atoms with Gasteiger partial charge in [-0.05, 0) is 26.2 Å². The van der Waals surface area contributed by atoms with Crippen molar-refractivity contribution >= 4 is 53.9 Å². The van der Waals surface area contributed by atoms with E-state index in [1.807, 2.05) is 0 Å². The molecule has 0 aliphatic heterocycles. The van der Waals surface area contributed by atoms with Crippen molar-refractivity contribution in [3.05, 3.63) is 0 Å². The molecule has 0 atom stereocenters. The van der Waals surface area contributed by atoms with Crippen LogP contribution in [0.15, 0.2) is 0 Å². The molecule has 7 heteroatoms. The van der Waals surface area contributed by atoms with Gasteiger partial charge in [-0.15, -0.1) is 0 Å². The van der Waals surface area contributed by atoms with Crippen molar-refractivity contribution in [3.8, 4) is 0 Å². The molecule has 0 spiro atoms. The summed E-state index contributed by atoms with van der Waals surface area (Å²) in [6.45, 7) is 8.55. The van der Waals surface area contributed by atoms with Gasteiger partial charge in [0.25, 0.3) is 0 Å².